The summed E-state index contributed by atoms with van der Waals surface area (Å²) in [5, 5.41) is 0. The van der Waals surface area contributed by atoms with E-state index in [-0.39, 0.29) is 11.2 Å². The van der Waals surface area contributed by atoms with E-state index in [9.17, 15) is 9.36 Å². The molecule has 5 heteroatoms. The summed E-state index contributed by atoms with van der Waals surface area (Å²) in [6.07, 6.45) is 5.31. The van der Waals surface area contributed by atoms with Crippen molar-refractivity contribution < 1.29 is 18.4 Å². The second kappa shape index (κ2) is 8.78. The molecule has 1 aliphatic carbocycles. The van der Waals surface area contributed by atoms with Gasteiger partial charge in [-0.25, -0.2) is 0 Å². The zero-order chi connectivity index (χ0) is 18.4. The summed E-state index contributed by atoms with van der Waals surface area (Å²) in [4.78, 5) is 11.9. The fourth-order valence-electron chi connectivity index (χ4n) is 2.67. The summed E-state index contributed by atoms with van der Waals surface area (Å²) in [7, 11) is -3.23. The molecule has 0 aromatic rings. The van der Waals surface area contributed by atoms with Crippen LogP contribution in [-0.4, -0.2) is 19.0 Å². The summed E-state index contributed by atoms with van der Waals surface area (Å²) >= 11 is 0. The fourth-order valence-corrected chi connectivity index (χ4v) is 3.97. The topological polar surface area (TPSA) is 52.6 Å². The summed E-state index contributed by atoms with van der Waals surface area (Å²) in [6.45, 7) is 12.2. The van der Waals surface area contributed by atoms with Gasteiger partial charge in [0, 0.05) is 6.42 Å². The summed E-state index contributed by atoms with van der Waals surface area (Å²) in [5.74, 6) is 1.58. The van der Waals surface area contributed by atoms with Gasteiger partial charge in [-0.2, -0.15) is 0 Å². The van der Waals surface area contributed by atoms with Crippen LogP contribution in [0.4, 0.5) is 0 Å². The molecular weight excluding hydrogens is 323 g/mol. The molecule has 0 N–H and O–H groups in total. The van der Waals surface area contributed by atoms with Gasteiger partial charge >= 0.3 is 7.60 Å². The normalized spacial score (nSPS) is 18.0. The number of carbonyl (C=O) groups excluding carboxylic acids is 1. The third kappa shape index (κ3) is 5.72. The van der Waals surface area contributed by atoms with Gasteiger partial charge in [0.05, 0.1) is 19.0 Å². The molecule has 0 atom stereocenters. The number of carbonyl (C=O) groups is 1. The van der Waals surface area contributed by atoms with E-state index in [2.05, 4.69) is 19.6 Å². The van der Waals surface area contributed by atoms with Crippen molar-refractivity contribution in [3.63, 3.8) is 0 Å². The van der Waals surface area contributed by atoms with Crippen molar-refractivity contribution in [3.8, 4) is 0 Å². The quantitative estimate of drug-likeness (QED) is 0.341. The van der Waals surface area contributed by atoms with Gasteiger partial charge in [0.15, 0.2) is 5.78 Å². The molecule has 1 rings (SSSR count). The lowest BCUT2D eigenvalue weighted by molar-refractivity contribution is -0.116. The first-order chi connectivity index (χ1) is 11.1. The van der Waals surface area contributed by atoms with E-state index in [1.165, 1.54) is 5.82 Å². The van der Waals surface area contributed by atoms with Gasteiger partial charge in [0.2, 0.25) is 0 Å². The molecule has 134 valence electrons. The molecule has 0 unspecified atom stereocenters. The lowest BCUT2D eigenvalue weighted by Crippen LogP contribution is -2.24. The monoisotopic (exact) mass is 352 g/mol. The Bertz CT molecular complexity index is 636. The Labute approximate surface area is 145 Å². The molecule has 4 nitrogen and oxygen atoms in total. The van der Waals surface area contributed by atoms with E-state index in [0.29, 0.717) is 19.6 Å². The van der Waals surface area contributed by atoms with Crippen molar-refractivity contribution in [2.45, 2.75) is 54.4 Å². The third-order valence-corrected chi connectivity index (χ3v) is 5.78. The first-order valence-electron chi connectivity index (χ1n) is 8.41. The molecule has 0 heterocycles. The van der Waals surface area contributed by atoms with E-state index >= 15 is 0 Å². The van der Waals surface area contributed by atoms with Gasteiger partial charge in [-0.05, 0) is 56.3 Å². The minimum atomic E-state index is -3.23. The van der Waals surface area contributed by atoms with Crippen LogP contribution in [0.2, 0.25) is 0 Å². The molecule has 0 fully saturated rings. The maximum absolute atomic E-state index is 12.4. The second-order valence-corrected chi connectivity index (χ2v) is 8.37. The Kier molecular flexibility index (Phi) is 7.63. The lowest BCUT2D eigenvalue weighted by atomic mass is 9.72. The predicted molar refractivity (Wildman–Crippen MR) is 98.0 cm³/mol. The molecule has 0 saturated heterocycles. The SMILES string of the molecule is CCOP(=O)(C=C=C(C)C=CC1=C(C)C(=O)CCC1(C)C)OCC. The van der Waals surface area contributed by atoms with Crippen LogP contribution in [-0.2, 0) is 18.4 Å². The number of ketones is 1. The highest BCUT2D eigenvalue weighted by Crippen LogP contribution is 2.49. The van der Waals surface area contributed by atoms with Crippen LogP contribution in [0, 0.1) is 5.41 Å². The maximum Gasteiger partial charge on any atom is 0.361 e. The lowest BCUT2D eigenvalue weighted by Gasteiger charge is -2.32. The van der Waals surface area contributed by atoms with Crippen LogP contribution in [0.25, 0.3) is 0 Å². The number of rotatable bonds is 7. The number of allylic oxidation sites excluding steroid dienone is 5. The summed E-state index contributed by atoms with van der Waals surface area (Å²) in [6, 6.07) is 0. The van der Waals surface area contributed by atoms with Crippen LogP contribution in [0.15, 0.2) is 40.4 Å². The average Bonchev–Trinajstić information content (AvgIpc) is 2.50. The van der Waals surface area contributed by atoms with Crippen LogP contribution >= 0.6 is 7.60 Å². The standard InChI is InChI=1S/C19H29O4P/c1-7-22-24(21,23-8-2)14-12-15(3)9-10-17-16(4)18(20)11-13-19(17,5)6/h9-10,14H,7-8,11,13H2,1-6H3. The molecule has 0 bridgehead atoms. The zero-order valence-corrected chi connectivity index (χ0v) is 16.5. The predicted octanol–water partition coefficient (Wildman–Crippen LogP) is 5.57. The number of hydrogen-bond acceptors (Lipinski definition) is 4. The Morgan fingerprint density at radius 3 is 2.42 bits per heavy atom. The molecule has 0 aromatic heterocycles. The van der Waals surface area contributed by atoms with Crippen molar-refractivity contribution >= 4 is 13.4 Å². The fraction of sp³-hybridized carbons (Fsp3) is 0.579. The molecular formula is C19H29O4P. The van der Waals surface area contributed by atoms with E-state index in [0.717, 1.165) is 23.1 Å². The molecule has 0 amide bonds. The minimum absolute atomic E-state index is 0.0234. The van der Waals surface area contributed by atoms with Crippen molar-refractivity contribution in [1.82, 2.24) is 0 Å². The van der Waals surface area contributed by atoms with Crippen molar-refractivity contribution in [1.29, 1.82) is 0 Å². The van der Waals surface area contributed by atoms with Gasteiger partial charge in [0.25, 0.3) is 0 Å². The molecule has 24 heavy (non-hydrogen) atoms. The molecule has 0 radical (unpaired) electrons. The minimum Gasteiger partial charge on any atom is -0.305 e. The van der Waals surface area contributed by atoms with Crippen LogP contribution in [0.1, 0.15) is 54.4 Å². The Balaban J connectivity index is 3.08. The Morgan fingerprint density at radius 1 is 1.29 bits per heavy atom. The first-order valence-corrected chi connectivity index (χ1v) is 10.0. The van der Waals surface area contributed by atoms with Crippen LogP contribution < -0.4 is 0 Å². The van der Waals surface area contributed by atoms with E-state index in [1.807, 2.05) is 26.0 Å². The largest absolute Gasteiger partial charge is 0.361 e. The van der Waals surface area contributed by atoms with Crippen molar-refractivity contribution in [2.24, 2.45) is 5.41 Å². The third-order valence-electron chi connectivity index (χ3n) is 4.10. The van der Waals surface area contributed by atoms with Crippen LogP contribution in [0.3, 0.4) is 0 Å². The smallest absolute Gasteiger partial charge is 0.305 e. The highest BCUT2D eigenvalue weighted by atomic mass is 31.2. The van der Waals surface area contributed by atoms with E-state index in [1.54, 1.807) is 13.8 Å². The van der Waals surface area contributed by atoms with Gasteiger partial charge < -0.3 is 9.05 Å². The molecule has 0 spiro atoms. The first kappa shape index (κ1) is 20.9. The highest BCUT2D eigenvalue weighted by molar-refractivity contribution is 7.57. The molecule has 0 aliphatic heterocycles. The van der Waals surface area contributed by atoms with Crippen LogP contribution in [0.5, 0.6) is 0 Å². The number of hydrogen-bond donors (Lipinski definition) is 0. The average molecular weight is 352 g/mol. The van der Waals surface area contributed by atoms with Crippen molar-refractivity contribution in [3.05, 3.63) is 40.4 Å². The van der Waals surface area contributed by atoms with Gasteiger partial charge in [0.1, 0.15) is 0 Å². The highest BCUT2D eigenvalue weighted by Gasteiger charge is 2.30. The number of Topliss-reactive ketones (excluding diaryl/α,β-unsaturated/α-hetero) is 1. The maximum atomic E-state index is 12.4. The Morgan fingerprint density at radius 2 is 1.88 bits per heavy atom. The zero-order valence-electron chi connectivity index (χ0n) is 15.6. The van der Waals surface area contributed by atoms with E-state index in [4.69, 9.17) is 9.05 Å². The molecule has 1 aliphatic rings. The summed E-state index contributed by atoms with van der Waals surface area (Å²) in [5.41, 5.74) is 5.62. The van der Waals surface area contributed by atoms with Gasteiger partial charge in [-0.3, -0.25) is 9.36 Å². The van der Waals surface area contributed by atoms with Gasteiger partial charge in [-0.15, -0.1) is 5.73 Å². The molecule has 0 aromatic carbocycles. The second-order valence-electron chi connectivity index (χ2n) is 6.51. The van der Waals surface area contributed by atoms with Crippen molar-refractivity contribution in [2.75, 3.05) is 13.2 Å². The molecule has 0 saturated carbocycles. The summed E-state index contributed by atoms with van der Waals surface area (Å²) < 4.78 is 22.8. The van der Waals surface area contributed by atoms with Gasteiger partial charge in [-0.1, -0.05) is 26.0 Å². The van der Waals surface area contributed by atoms with E-state index < -0.39 is 7.60 Å². The Hall–Kier alpha value is -1.18.